The summed E-state index contributed by atoms with van der Waals surface area (Å²) in [5, 5.41) is 0. The molecule has 0 saturated carbocycles. The van der Waals surface area contributed by atoms with Crippen molar-refractivity contribution in [3.05, 3.63) is 34.9 Å². The van der Waals surface area contributed by atoms with Crippen LogP contribution in [-0.2, 0) is 12.8 Å². The normalized spacial score (nSPS) is 14.1. The molecule has 1 aliphatic carbocycles. The number of nitrogens with zero attached hydrogens (tertiary/aromatic N) is 1. The summed E-state index contributed by atoms with van der Waals surface area (Å²) in [5.41, 5.74) is 3.68. The highest BCUT2D eigenvalue weighted by atomic mass is 16.2. The lowest BCUT2D eigenvalue weighted by Gasteiger charge is -2.20. The van der Waals surface area contributed by atoms with Crippen molar-refractivity contribution in [1.82, 2.24) is 4.90 Å². The Morgan fingerprint density at radius 2 is 1.94 bits per heavy atom. The van der Waals surface area contributed by atoms with Gasteiger partial charge in [0.05, 0.1) is 0 Å². The summed E-state index contributed by atoms with van der Waals surface area (Å²) in [6, 6.07) is 6.25. The standard InChI is InChI=1S/C16H23NO/c1-3-4-11-17(2)16(18)15-10-9-13-7-5-6-8-14(13)12-15/h9-10,12H,3-8,11H2,1-2H3. The van der Waals surface area contributed by atoms with Crippen molar-refractivity contribution >= 4 is 5.91 Å². The summed E-state index contributed by atoms with van der Waals surface area (Å²) < 4.78 is 0. The van der Waals surface area contributed by atoms with Crippen LogP contribution in [0.1, 0.15) is 54.1 Å². The van der Waals surface area contributed by atoms with Gasteiger partial charge in [-0.3, -0.25) is 4.79 Å². The molecule has 2 nitrogen and oxygen atoms in total. The molecule has 2 heteroatoms. The summed E-state index contributed by atoms with van der Waals surface area (Å²) in [7, 11) is 1.90. The summed E-state index contributed by atoms with van der Waals surface area (Å²) >= 11 is 0. The van der Waals surface area contributed by atoms with Gasteiger partial charge in [0.15, 0.2) is 0 Å². The molecular weight excluding hydrogens is 222 g/mol. The smallest absolute Gasteiger partial charge is 0.253 e. The molecule has 98 valence electrons. The fraction of sp³-hybridized carbons (Fsp3) is 0.562. The Balaban J connectivity index is 2.10. The third-order valence-corrected chi connectivity index (χ3v) is 3.79. The average molecular weight is 245 g/mol. The Kier molecular flexibility index (Phi) is 4.40. The molecule has 0 heterocycles. The monoisotopic (exact) mass is 245 g/mol. The zero-order valence-electron chi connectivity index (χ0n) is 11.5. The molecule has 0 N–H and O–H groups in total. The summed E-state index contributed by atoms with van der Waals surface area (Å²) in [4.78, 5) is 14.1. The molecule has 0 radical (unpaired) electrons. The van der Waals surface area contributed by atoms with Crippen molar-refractivity contribution in [3.8, 4) is 0 Å². The molecule has 1 aromatic carbocycles. The number of carbonyl (C=O) groups excluding carboxylic acids is 1. The number of hydrogen-bond donors (Lipinski definition) is 0. The number of aryl methyl sites for hydroxylation is 2. The van der Waals surface area contributed by atoms with Crippen molar-refractivity contribution in [1.29, 1.82) is 0 Å². The van der Waals surface area contributed by atoms with E-state index in [1.54, 1.807) is 0 Å². The third kappa shape index (κ3) is 2.92. The number of unbranched alkanes of at least 4 members (excludes halogenated alkanes) is 1. The quantitative estimate of drug-likeness (QED) is 0.795. The van der Waals surface area contributed by atoms with Crippen LogP contribution in [0.15, 0.2) is 18.2 Å². The fourth-order valence-corrected chi connectivity index (χ4v) is 2.58. The van der Waals surface area contributed by atoms with Gasteiger partial charge in [0.1, 0.15) is 0 Å². The zero-order valence-corrected chi connectivity index (χ0v) is 11.5. The van der Waals surface area contributed by atoms with Gasteiger partial charge in [0.25, 0.3) is 5.91 Å². The number of fused-ring (bicyclic) bond motifs is 1. The largest absolute Gasteiger partial charge is 0.342 e. The van der Waals surface area contributed by atoms with Gasteiger partial charge in [-0.05, 0) is 55.4 Å². The number of rotatable bonds is 4. The first kappa shape index (κ1) is 13.1. The lowest BCUT2D eigenvalue weighted by molar-refractivity contribution is 0.0793. The van der Waals surface area contributed by atoms with Crippen molar-refractivity contribution in [3.63, 3.8) is 0 Å². The van der Waals surface area contributed by atoms with Crippen molar-refractivity contribution in [2.75, 3.05) is 13.6 Å². The van der Waals surface area contributed by atoms with E-state index in [1.807, 2.05) is 18.0 Å². The number of hydrogen-bond acceptors (Lipinski definition) is 1. The Morgan fingerprint density at radius 3 is 2.67 bits per heavy atom. The molecule has 18 heavy (non-hydrogen) atoms. The van der Waals surface area contributed by atoms with E-state index in [2.05, 4.69) is 19.1 Å². The van der Waals surface area contributed by atoms with E-state index in [-0.39, 0.29) is 5.91 Å². The molecule has 1 aromatic rings. The predicted octanol–water partition coefficient (Wildman–Crippen LogP) is 3.44. The first-order valence-electron chi connectivity index (χ1n) is 7.09. The second-order valence-electron chi connectivity index (χ2n) is 5.27. The molecule has 1 amide bonds. The van der Waals surface area contributed by atoms with Crippen LogP contribution < -0.4 is 0 Å². The van der Waals surface area contributed by atoms with E-state index in [9.17, 15) is 4.79 Å². The molecule has 0 atom stereocenters. The van der Waals surface area contributed by atoms with E-state index in [0.29, 0.717) is 0 Å². The van der Waals surface area contributed by atoms with Crippen LogP contribution in [0.25, 0.3) is 0 Å². The topological polar surface area (TPSA) is 20.3 Å². The number of amides is 1. The molecule has 2 rings (SSSR count). The maximum atomic E-state index is 12.3. The molecule has 0 bridgehead atoms. The summed E-state index contributed by atoms with van der Waals surface area (Å²) in [6.07, 6.45) is 7.06. The van der Waals surface area contributed by atoms with Crippen LogP contribution in [0.5, 0.6) is 0 Å². The van der Waals surface area contributed by atoms with Gasteiger partial charge in [0, 0.05) is 19.2 Å². The SMILES string of the molecule is CCCCN(C)C(=O)c1ccc2c(c1)CCCC2. The zero-order chi connectivity index (χ0) is 13.0. The number of benzene rings is 1. The molecule has 0 aliphatic heterocycles. The van der Waals surface area contributed by atoms with E-state index in [0.717, 1.165) is 31.4 Å². The highest BCUT2D eigenvalue weighted by molar-refractivity contribution is 5.94. The Morgan fingerprint density at radius 1 is 1.22 bits per heavy atom. The maximum absolute atomic E-state index is 12.3. The van der Waals surface area contributed by atoms with Crippen molar-refractivity contribution in [2.45, 2.75) is 45.4 Å². The minimum Gasteiger partial charge on any atom is -0.342 e. The Labute approximate surface area is 110 Å². The van der Waals surface area contributed by atoms with E-state index in [1.165, 1.54) is 30.4 Å². The van der Waals surface area contributed by atoms with Crippen LogP contribution in [0.4, 0.5) is 0 Å². The second-order valence-corrected chi connectivity index (χ2v) is 5.27. The van der Waals surface area contributed by atoms with Crippen molar-refractivity contribution in [2.24, 2.45) is 0 Å². The van der Waals surface area contributed by atoms with Gasteiger partial charge in [0.2, 0.25) is 0 Å². The molecule has 0 saturated heterocycles. The van der Waals surface area contributed by atoms with E-state index < -0.39 is 0 Å². The minimum atomic E-state index is 0.164. The van der Waals surface area contributed by atoms with Gasteiger partial charge in [-0.2, -0.15) is 0 Å². The first-order chi connectivity index (χ1) is 8.72. The lowest BCUT2D eigenvalue weighted by atomic mass is 9.90. The Bertz CT molecular complexity index is 425. The van der Waals surface area contributed by atoms with Gasteiger partial charge in [-0.25, -0.2) is 0 Å². The van der Waals surface area contributed by atoms with Gasteiger partial charge in [-0.15, -0.1) is 0 Å². The first-order valence-corrected chi connectivity index (χ1v) is 7.09. The lowest BCUT2D eigenvalue weighted by Crippen LogP contribution is -2.27. The van der Waals surface area contributed by atoms with E-state index >= 15 is 0 Å². The van der Waals surface area contributed by atoms with Gasteiger partial charge in [-0.1, -0.05) is 19.4 Å². The number of carbonyl (C=O) groups is 1. The van der Waals surface area contributed by atoms with Crippen LogP contribution >= 0.6 is 0 Å². The molecule has 0 fully saturated rings. The Hall–Kier alpha value is -1.31. The maximum Gasteiger partial charge on any atom is 0.253 e. The highest BCUT2D eigenvalue weighted by Gasteiger charge is 2.15. The van der Waals surface area contributed by atoms with Crippen LogP contribution in [-0.4, -0.2) is 24.4 Å². The summed E-state index contributed by atoms with van der Waals surface area (Å²) in [5.74, 6) is 0.164. The van der Waals surface area contributed by atoms with Gasteiger partial charge >= 0.3 is 0 Å². The van der Waals surface area contributed by atoms with Crippen LogP contribution in [0.3, 0.4) is 0 Å². The highest BCUT2D eigenvalue weighted by Crippen LogP contribution is 2.22. The molecule has 0 spiro atoms. The van der Waals surface area contributed by atoms with Crippen LogP contribution in [0.2, 0.25) is 0 Å². The second kappa shape index (κ2) is 6.03. The minimum absolute atomic E-state index is 0.164. The van der Waals surface area contributed by atoms with Crippen molar-refractivity contribution < 1.29 is 4.79 Å². The molecular formula is C16H23NO. The predicted molar refractivity (Wildman–Crippen MR) is 75.0 cm³/mol. The molecule has 1 aliphatic rings. The molecule has 0 aromatic heterocycles. The average Bonchev–Trinajstić information content (AvgIpc) is 2.43. The van der Waals surface area contributed by atoms with Crippen LogP contribution in [0, 0.1) is 0 Å². The van der Waals surface area contributed by atoms with Gasteiger partial charge < -0.3 is 4.90 Å². The molecule has 0 unspecified atom stereocenters. The summed E-state index contributed by atoms with van der Waals surface area (Å²) in [6.45, 7) is 3.00. The van der Waals surface area contributed by atoms with E-state index in [4.69, 9.17) is 0 Å². The fourth-order valence-electron chi connectivity index (χ4n) is 2.58. The third-order valence-electron chi connectivity index (χ3n) is 3.79.